The molecule has 0 aromatic rings. The van der Waals surface area contributed by atoms with Crippen molar-refractivity contribution >= 4 is 10.8 Å². The summed E-state index contributed by atoms with van der Waals surface area (Å²) in [7, 11) is 0.938. The maximum absolute atomic E-state index is 11.3. The lowest BCUT2D eigenvalue weighted by Crippen LogP contribution is -2.29. The summed E-state index contributed by atoms with van der Waals surface area (Å²) < 4.78 is 11.3. The number of likely N-dealkylation sites (N-methyl/N-ethyl adjacent to an activating group) is 1. The van der Waals surface area contributed by atoms with Crippen molar-refractivity contribution in [3.8, 4) is 0 Å². The minimum atomic E-state index is -0.843. The average molecular weight is 207 g/mol. The van der Waals surface area contributed by atoms with Crippen LogP contribution in [0.4, 0.5) is 0 Å². The summed E-state index contributed by atoms with van der Waals surface area (Å²) in [5, 5.41) is 12.2. The highest BCUT2D eigenvalue weighted by molar-refractivity contribution is 7.85. The molecule has 0 aliphatic rings. The average Bonchev–Trinajstić information content (AvgIpc) is 2.05. The van der Waals surface area contributed by atoms with E-state index in [1.54, 1.807) is 7.05 Å². The van der Waals surface area contributed by atoms with E-state index in [0.717, 1.165) is 25.0 Å². The van der Waals surface area contributed by atoms with Crippen LogP contribution in [0.1, 0.15) is 26.2 Å². The van der Waals surface area contributed by atoms with Gasteiger partial charge in [0.2, 0.25) is 0 Å². The number of hydrogen-bond acceptors (Lipinski definition) is 3. The summed E-state index contributed by atoms with van der Waals surface area (Å²) in [5.41, 5.74) is 0. The minimum Gasteiger partial charge on any atom is -0.391 e. The number of aliphatic hydroxyl groups is 1. The van der Waals surface area contributed by atoms with Crippen molar-refractivity contribution in [3.05, 3.63) is 0 Å². The molecule has 13 heavy (non-hydrogen) atoms. The fraction of sp³-hybridized carbons (Fsp3) is 1.00. The van der Waals surface area contributed by atoms with E-state index in [1.807, 2.05) is 0 Å². The van der Waals surface area contributed by atoms with Crippen LogP contribution < -0.4 is 5.32 Å². The van der Waals surface area contributed by atoms with Gasteiger partial charge in [-0.25, -0.2) is 0 Å². The van der Waals surface area contributed by atoms with E-state index in [-0.39, 0.29) is 0 Å². The van der Waals surface area contributed by atoms with Gasteiger partial charge in [-0.2, -0.15) is 0 Å². The molecule has 0 spiro atoms. The van der Waals surface area contributed by atoms with E-state index < -0.39 is 16.9 Å². The second kappa shape index (κ2) is 8.66. The fourth-order valence-corrected chi connectivity index (χ4v) is 2.35. The molecule has 2 atom stereocenters. The third-order valence-electron chi connectivity index (χ3n) is 1.79. The zero-order valence-electron chi connectivity index (χ0n) is 8.58. The highest BCUT2D eigenvalue weighted by Crippen LogP contribution is 1.98. The molecular formula is C9H21NO2S. The summed E-state index contributed by atoms with van der Waals surface area (Å²) in [6.45, 7) is 2.65. The van der Waals surface area contributed by atoms with Gasteiger partial charge in [-0.3, -0.25) is 4.21 Å². The summed E-state index contributed by atoms with van der Waals surface area (Å²) in [5.74, 6) is 1.14. The van der Waals surface area contributed by atoms with Crippen molar-refractivity contribution in [2.45, 2.75) is 32.3 Å². The molecule has 2 unspecified atom stereocenters. The van der Waals surface area contributed by atoms with E-state index in [4.69, 9.17) is 0 Å². The van der Waals surface area contributed by atoms with Crippen molar-refractivity contribution in [2.24, 2.45) is 0 Å². The van der Waals surface area contributed by atoms with Crippen LogP contribution in [0.25, 0.3) is 0 Å². The largest absolute Gasteiger partial charge is 0.391 e. The Morgan fingerprint density at radius 3 is 2.69 bits per heavy atom. The quantitative estimate of drug-likeness (QED) is 0.570. The third-order valence-corrected chi connectivity index (χ3v) is 3.29. The molecule has 3 nitrogen and oxygen atoms in total. The molecule has 0 aliphatic carbocycles. The number of nitrogens with one attached hydrogen (secondary N) is 1. The highest BCUT2D eigenvalue weighted by Gasteiger charge is 2.07. The predicted octanol–water partition coefficient (Wildman–Crippen LogP) is 0.506. The normalized spacial score (nSPS) is 15.6. The first-order chi connectivity index (χ1) is 6.20. The van der Waals surface area contributed by atoms with Gasteiger partial charge in [-0.15, -0.1) is 0 Å². The molecule has 0 saturated heterocycles. The molecule has 0 aromatic carbocycles. The van der Waals surface area contributed by atoms with Gasteiger partial charge in [0.1, 0.15) is 0 Å². The van der Waals surface area contributed by atoms with Crippen molar-refractivity contribution in [1.29, 1.82) is 0 Å². The van der Waals surface area contributed by atoms with Gasteiger partial charge >= 0.3 is 0 Å². The zero-order valence-corrected chi connectivity index (χ0v) is 9.40. The SMILES string of the molecule is CCCCCS(=O)CC(O)CNC. The van der Waals surface area contributed by atoms with E-state index in [9.17, 15) is 9.32 Å². The Kier molecular flexibility index (Phi) is 8.71. The second-order valence-electron chi connectivity index (χ2n) is 3.23. The Hall–Kier alpha value is 0.0700. The van der Waals surface area contributed by atoms with Crippen molar-refractivity contribution in [1.82, 2.24) is 5.32 Å². The topological polar surface area (TPSA) is 49.3 Å². The van der Waals surface area contributed by atoms with Crippen LogP contribution in [0.2, 0.25) is 0 Å². The lowest BCUT2D eigenvalue weighted by molar-refractivity contribution is 0.198. The Balaban J connectivity index is 3.38. The van der Waals surface area contributed by atoms with Crippen molar-refractivity contribution < 1.29 is 9.32 Å². The van der Waals surface area contributed by atoms with Gasteiger partial charge in [0, 0.05) is 23.1 Å². The Labute approximate surface area is 83.4 Å². The number of aliphatic hydroxyl groups excluding tert-OH is 1. The van der Waals surface area contributed by atoms with E-state index >= 15 is 0 Å². The molecule has 0 aromatic heterocycles. The van der Waals surface area contributed by atoms with Gasteiger partial charge in [-0.05, 0) is 13.5 Å². The Morgan fingerprint density at radius 2 is 2.15 bits per heavy atom. The second-order valence-corrected chi connectivity index (χ2v) is 4.85. The van der Waals surface area contributed by atoms with Crippen LogP contribution in [0.5, 0.6) is 0 Å². The molecule has 0 amide bonds. The molecule has 0 saturated carbocycles. The van der Waals surface area contributed by atoms with Crippen LogP contribution in [0.3, 0.4) is 0 Å². The van der Waals surface area contributed by atoms with Crippen molar-refractivity contribution in [2.75, 3.05) is 25.1 Å². The number of hydrogen-bond donors (Lipinski definition) is 2. The monoisotopic (exact) mass is 207 g/mol. The van der Waals surface area contributed by atoms with Crippen molar-refractivity contribution in [3.63, 3.8) is 0 Å². The molecule has 0 radical (unpaired) electrons. The fourth-order valence-electron chi connectivity index (χ4n) is 1.11. The standard InChI is InChI=1S/C9H21NO2S/c1-3-4-5-6-13(12)8-9(11)7-10-2/h9-11H,3-8H2,1-2H3. The van der Waals surface area contributed by atoms with Crippen LogP contribution in [0.15, 0.2) is 0 Å². The molecule has 0 fully saturated rings. The summed E-state index contributed by atoms with van der Waals surface area (Å²) in [4.78, 5) is 0. The Bertz CT molecular complexity index is 142. The predicted molar refractivity (Wildman–Crippen MR) is 57.3 cm³/mol. The molecule has 4 heteroatoms. The number of rotatable bonds is 8. The molecule has 0 heterocycles. The lowest BCUT2D eigenvalue weighted by Gasteiger charge is -2.08. The van der Waals surface area contributed by atoms with Crippen LogP contribution in [0, 0.1) is 0 Å². The van der Waals surface area contributed by atoms with E-state index in [1.165, 1.54) is 0 Å². The smallest absolute Gasteiger partial charge is 0.0779 e. The molecule has 0 bridgehead atoms. The Morgan fingerprint density at radius 1 is 1.46 bits per heavy atom. The first-order valence-corrected chi connectivity index (χ1v) is 6.37. The summed E-state index contributed by atoms with van der Waals surface area (Å²) in [6, 6.07) is 0. The minimum absolute atomic E-state index is 0.407. The maximum Gasteiger partial charge on any atom is 0.0779 e. The lowest BCUT2D eigenvalue weighted by atomic mass is 10.3. The van der Waals surface area contributed by atoms with Gasteiger partial charge < -0.3 is 10.4 Å². The molecule has 0 rings (SSSR count). The molecule has 80 valence electrons. The first-order valence-electron chi connectivity index (χ1n) is 4.88. The van der Waals surface area contributed by atoms with E-state index in [2.05, 4.69) is 12.2 Å². The molecule has 0 aliphatic heterocycles. The van der Waals surface area contributed by atoms with Crippen LogP contribution >= 0.6 is 0 Å². The maximum atomic E-state index is 11.3. The number of unbranched alkanes of at least 4 members (excludes halogenated alkanes) is 2. The molecule has 2 N–H and O–H groups in total. The molecular weight excluding hydrogens is 186 g/mol. The third kappa shape index (κ3) is 8.40. The first kappa shape index (κ1) is 13.1. The van der Waals surface area contributed by atoms with Gasteiger partial charge in [0.15, 0.2) is 0 Å². The highest BCUT2D eigenvalue weighted by atomic mass is 32.2. The van der Waals surface area contributed by atoms with E-state index in [0.29, 0.717) is 12.3 Å². The van der Waals surface area contributed by atoms with Crippen LogP contribution in [-0.4, -0.2) is 40.5 Å². The van der Waals surface area contributed by atoms with Gasteiger partial charge in [0.05, 0.1) is 11.9 Å². The van der Waals surface area contributed by atoms with Crippen LogP contribution in [-0.2, 0) is 10.8 Å². The van der Waals surface area contributed by atoms with Gasteiger partial charge in [0.25, 0.3) is 0 Å². The summed E-state index contributed by atoms with van der Waals surface area (Å²) in [6.07, 6.45) is 2.83. The zero-order chi connectivity index (χ0) is 10.1. The van der Waals surface area contributed by atoms with Gasteiger partial charge in [-0.1, -0.05) is 19.8 Å². The summed E-state index contributed by atoms with van der Waals surface area (Å²) >= 11 is 0.